The van der Waals surface area contributed by atoms with Crippen molar-refractivity contribution in [3.05, 3.63) is 35.4 Å². The van der Waals surface area contributed by atoms with Crippen LogP contribution in [0.1, 0.15) is 45.2 Å². The van der Waals surface area contributed by atoms with Crippen LogP contribution in [0.25, 0.3) is 0 Å². The lowest BCUT2D eigenvalue weighted by Gasteiger charge is -2.25. The van der Waals surface area contributed by atoms with Crippen molar-refractivity contribution < 1.29 is 0 Å². The third kappa shape index (κ3) is 5.19. The predicted molar refractivity (Wildman–Crippen MR) is 79.7 cm³/mol. The van der Waals surface area contributed by atoms with E-state index in [4.69, 9.17) is 0 Å². The molecule has 2 nitrogen and oxygen atoms in total. The van der Waals surface area contributed by atoms with Crippen LogP contribution in [0.4, 0.5) is 0 Å². The van der Waals surface area contributed by atoms with Crippen LogP contribution in [-0.2, 0) is 13.1 Å². The Morgan fingerprint density at radius 2 is 1.89 bits per heavy atom. The summed E-state index contributed by atoms with van der Waals surface area (Å²) in [4.78, 5) is 2.48. The molecule has 0 spiro atoms. The minimum atomic E-state index is 0.608. The fourth-order valence-electron chi connectivity index (χ4n) is 2.14. The van der Waals surface area contributed by atoms with E-state index in [9.17, 15) is 0 Å². The van der Waals surface area contributed by atoms with Crippen LogP contribution in [0.5, 0.6) is 0 Å². The van der Waals surface area contributed by atoms with Gasteiger partial charge in [-0.05, 0) is 44.5 Å². The van der Waals surface area contributed by atoms with Crippen molar-refractivity contribution in [1.29, 1.82) is 0 Å². The SMILES string of the molecule is CCCNCc1cccc(CN(CC)C(C)C)c1. The second-order valence-corrected chi connectivity index (χ2v) is 5.15. The zero-order valence-electron chi connectivity index (χ0n) is 12.4. The van der Waals surface area contributed by atoms with Crippen molar-refractivity contribution in [2.75, 3.05) is 13.1 Å². The van der Waals surface area contributed by atoms with Crippen molar-refractivity contribution >= 4 is 0 Å². The molecule has 1 aromatic rings. The topological polar surface area (TPSA) is 15.3 Å². The van der Waals surface area contributed by atoms with Gasteiger partial charge in [0, 0.05) is 19.1 Å². The van der Waals surface area contributed by atoms with E-state index in [1.54, 1.807) is 0 Å². The summed E-state index contributed by atoms with van der Waals surface area (Å²) in [6.07, 6.45) is 1.19. The molecule has 0 radical (unpaired) electrons. The minimum Gasteiger partial charge on any atom is -0.313 e. The van der Waals surface area contributed by atoms with E-state index in [1.807, 2.05) is 0 Å². The molecule has 1 rings (SSSR count). The summed E-state index contributed by atoms with van der Waals surface area (Å²) in [5, 5.41) is 3.46. The Balaban J connectivity index is 2.58. The summed E-state index contributed by atoms with van der Waals surface area (Å²) in [7, 11) is 0. The first kappa shape index (κ1) is 15.2. The van der Waals surface area contributed by atoms with Crippen LogP contribution in [0.15, 0.2) is 24.3 Å². The van der Waals surface area contributed by atoms with E-state index < -0.39 is 0 Å². The van der Waals surface area contributed by atoms with E-state index in [-0.39, 0.29) is 0 Å². The maximum Gasteiger partial charge on any atom is 0.0236 e. The van der Waals surface area contributed by atoms with Gasteiger partial charge in [-0.15, -0.1) is 0 Å². The highest BCUT2D eigenvalue weighted by Crippen LogP contribution is 2.10. The molecule has 1 N–H and O–H groups in total. The molecule has 0 fully saturated rings. The molecule has 0 saturated heterocycles. The number of benzene rings is 1. The summed E-state index contributed by atoms with van der Waals surface area (Å²) >= 11 is 0. The van der Waals surface area contributed by atoms with Crippen molar-refractivity contribution in [3.8, 4) is 0 Å². The molecule has 0 aliphatic carbocycles. The fourth-order valence-corrected chi connectivity index (χ4v) is 2.14. The Labute approximate surface area is 112 Å². The minimum absolute atomic E-state index is 0.608. The number of hydrogen-bond acceptors (Lipinski definition) is 2. The van der Waals surface area contributed by atoms with Gasteiger partial charge in [-0.1, -0.05) is 38.1 Å². The summed E-state index contributed by atoms with van der Waals surface area (Å²) in [5.74, 6) is 0. The number of nitrogens with zero attached hydrogens (tertiary/aromatic N) is 1. The van der Waals surface area contributed by atoms with E-state index in [0.717, 1.165) is 26.2 Å². The molecule has 0 aromatic heterocycles. The van der Waals surface area contributed by atoms with Crippen LogP contribution in [0.3, 0.4) is 0 Å². The zero-order chi connectivity index (χ0) is 13.4. The van der Waals surface area contributed by atoms with Crippen molar-refractivity contribution in [1.82, 2.24) is 10.2 Å². The molecule has 0 aliphatic rings. The first-order valence-corrected chi connectivity index (χ1v) is 7.20. The van der Waals surface area contributed by atoms with Crippen molar-refractivity contribution in [2.24, 2.45) is 0 Å². The van der Waals surface area contributed by atoms with Crippen LogP contribution in [0, 0.1) is 0 Å². The third-order valence-corrected chi connectivity index (χ3v) is 3.27. The maximum absolute atomic E-state index is 3.46. The molecule has 0 bridgehead atoms. The van der Waals surface area contributed by atoms with Gasteiger partial charge in [0.25, 0.3) is 0 Å². The van der Waals surface area contributed by atoms with Crippen LogP contribution in [-0.4, -0.2) is 24.0 Å². The monoisotopic (exact) mass is 248 g/mol. The Bertz CT molecular complexity index is 334. The molecule has 2 heteroatoms. The molecule has 0 heterocycles. The zero-order valence-corrected chi connectivity index (χ0v) is 12.4. The third-order valence-electron chi connectivity index (χ3n) is 3.27. The lowest BCUT2D eigenvalue weighted by Crippen LogP contribution is -2.30. The molecule has 0 saturated carbocycles. The van der Waals surface area contributed by atoms with Crippen LogP contribution in [0.2, 0.25) is 0 Å². The molecule has 0 aliphatic heterocycles. The van der Waals surface area contributed by atoms with Gasteiger partial charge < -0.3 is 5.32 Å². The number of rotatable bonds is 8. The molecular weight excluding hydrogens is 220 g/mol. The standard InChI is InChI=1S/C16H28N2/c1-5-10-17-12-15-8-7-9-16(11-15)13-18(6-2)14(3)4/h7-9,11,14,17H,5-6,10,12-13H2,1-4H3. The molecule has 0 atom stereocenters. The molecule has 0 amide bonds. The largest absolute Gasteiger partial charge is 0.313 e. The average molecular weight is 248 g/mol. The highest BCUT2D eigenvalue weighted by molar-refractivity contribution is 5.23. The number of hydrogen-bond donors (Lipinski definition) is 1. The second kappa shape index (κ2) is 8.28. The molecule has 102 valence electrons. The van der Waals surface area contributed by atoms with E-state index in [2.05, 4.69) is 62.2 Å². The van der Waals surface area contributed by atoms with Gasteiger partial charge in [0.15, 0.2) is 0 Å². The summed E-state index contributed by atoms with van der Waals surface area (Å²) < 4.78 is 0. The summed E-state index contributed by atoms with van der Waals surface area (Å²) in [6.45, 7) is 13.2. The Morgan fingerprint density at radius 3 is 2.50 bits per heavy atom. The fraction of sp³-hybridized carbons (Fsp3) is 0.625. The van der Waals surface area contributed by atoms with Gasteiger partial charge in [0.2, 0.25) is 0 Å². The van der Waals surface area contributed by atoms with Gasteiger partial charge in [0.05, 0.1) is 0 Å². The summed E-state index contributed by atoms with van der Waals surface area (Å²) in [5.41, 5.74) is 2.81. The Kier molecular flexibility index (Phi) is 6.99. The van der Waals surface area contributed by atoms with Crippen LogP contribution < -0.4 is 5.32 Å². The summed E-state index contributed by atoms with van der Waals surface area (Å²) in [6, 6.07) is 9.55. The van der Waals surface area contributed by atoms with Gasteiger partial charge in [0.1, 0.15) is 0 Å². The van der Waals surface area contributed by atoms with E-state index in [1.165, 1.54) is 17.5 Å². The normalized spacial score (nSPS) is 11.4. The Hall–Kier alpha value is -0.860. The average Bonchev–Trinajstić information content (AvgIpc) is 2.36. The predicted octanol–water partition coefficient (Wildman–Crippen LogP) is 3.42. The quantitative estimate of drug-likeness (QED) is 0.709. The highest BCUT2D eigenvalue weighted by Gasteiger charge is 2.07. The number of nitrogens with one attached hydrogen (secondary N) is 1. The lowest BCUT2D eigenvalue weighted by molar-refractivity contribution is 0.225. The van der Waals surface area contributed by atoms with Gasteiger partial charge >= 0.3 is 0 Å². The molecular formula is C16H28N2. The van der Waals surface area contributed by atoms with E-state index >= 15 is 0 Å². The first-order chi connectivity index (χ1) is 8.67. The van der Waals surface area contributed by atoms with Gasteiger partial charge in [-0.2, -0.15) is 0 Å². The molecule has 1 aromatic carbocycles. The van der Waals surface area contributed by atoms with E-state index in [0.29, 0.717) is 6.04 Å². The first-order valence-electron chi connectivity index (χ1n) is 7.20. The maximum atomic E-state index is 3.46. The highest BCUT2D eigenvalue weighted by atomic mass is 15.1. The Morgan fingerprint density at radius 1 is 1.17 bits per heavy atom. The van der Waals surface area contributed by atoms with Crippen molar-refractivity contribution in [3.63, 3.8) is 0 Å². The lowest BCUT2D eigenvalue weighted by atomic mass is 10.1. The smallest absolute Gasteiger partial charge is 0.0236 e. The van der Waals surface area contributed by atoms with Crippen LogP contribution >= 0.6 is 0 Å². The van der Waals surface area contributed by atoms with Gasteiger partial charge in [-0.25, -0.2) is 0 Å². The van der Waals surface area contributed by atoms with Gasteiger partial charge in [-0.3, -0.25) is 4.90 Å². The second-order valence-electron chi connectivity index (χ2n) is 5.15. The molecule has 18 heavy (non-hydrogen) atoms. The molecule has 0 unspecified atom stereocenters. The van der Waals surface area contributed by atoms with Crippen molar-refractivity contribution in [2.45, 2.75) is 53.2 Å².